The third-order valence-corrected chi connectivity index (χ3v) is 5.11. The van der Waals surface area contributed by atoms with Crippen LogP contribution in [0.25, 0.3) is 0 Å². The number of thioether (sulfide) groups is 1. The van der Waals surface area contributed by atoms with E-state index in [1.54, 1.807) is 31.6 Å². The Morgan fingerprint density at radius 1 is 1.52 bits per heavy atom. The molecule has 0 aliphatic carbocycles. The molecule has 1 unspecified atom stereocenters. The number of methoxy groups -OCH3 is 1. The van der Waals surface area contributed by atoms with Crippen molar-refractivity contribution in [2.24, 2.45) is 5.73 Å². The summed E-state index contributed by atoms with van der Waals surface area (Å²) in [5.41, 5.74) is 6.29. The number of aliphatic carboxylic acids is 1. The molecule has 0 radical (unpaired) electrons. The molecule has 2 aliphatic heterocycles. The molecule has 1 aromatic heterocycles. The number of fused-ring (bicyclic) bond motifs is 1. The maximum atomic E-state index is 11.8. The van der Waals surface area contributed by atoms with Gasteiger partial charge in [-0.15, -0.1) is 24.2 Å². The van der Waals surface area contributed by atoms with E-state index in [9.17, 15) is 14.7 Å². The molecule has 1 amide bonds. The lowest BCUT2D eigenvalue weighted by Gasteiger charge is -2.49. The highest BCUT2D eigenvalue weighted by Gasteiger charge is 2.50. The summed E-state index contributed by atoms with van der Waals surface area (Å²) in [4.78, 5) is 24.5. The van der Waals surface area contributed by atoms with Gasteiger partial charge in [-0.25, -0.2) is 4.57 Å². The first kappa shape index (κ1) is 17.6. The maximum absolute atomic E-state index is 11.8. The van der Waals surface area contributed by atoms with E-state index in [1.165, 1.54) is 16.7 Å². The van der Waals surface area contributed by atoms with Crippen molar-refractivity contribution < 1.29 is 24.0 Å². The van der Waals surface area contributed by atoms with Crippen LogP contribution in [0.4, 0.5) is 0 Å². The Bertz CT molecular complexity index is 664. The zero-order valence-corrected chi connectivity index (χ0v) is 13.9. The molecule has 3 rings (SSSR count). The van der Waals surface area contributed by atoms with Gasteiger partial charge in [-0.1, -0.05) is 0 Å². The fourth-order valence-corrected chi connectivity index (χ4v) is 3.88. The minimum Gasteiger partial charge on any atom is -0.543 e. The first-order chi connectivity index (χ1) is 10.5. The molecule has 2 aliphatic rings. The summed E-state index contributed by atoms with van der Waals surface area (Å²) >= 11 is 1.47. The number of carbonyl (C=O) groups is 2. The molecule has 3 heterocycles. The zero-order valence-electron chi connectivity index (χ0n) is 12.3. The van der Waals surface area contributed by atoms with E-state index < -0.39 is 12.0 Å². The van der Waals surface area contributed by atoms with Gasteiger partial charge in [0, 0.05) is 23.5 Å². The number of amides is 1. The monoisotopic (exact) mass is 357 g/mol. The average molecular weight is 358 g/mol. The minimum atomic E-state index is -1.34. The number of pyridine rings is 1. The molecule has 7 nitrogen and oxygen atoms in total. The molecule has 0 saturated carbocycles. The number of carboxylic acid groups (broad SMARTS) is 1. The fourth-order valence-electron chi connectivity index (χ4n) is 2.60. The fraction of sp³-hybridized carbons (Fsp3) is 0.357. The molecule has 0 spiro atoms. The van der Waals surface area contributed by atoms with E-state index in [-0.39, 0.29) is 29.4 Å². The molecule has 124 valence electrons. The van der Waals surface area contributed by atoms with Crippen molar-refractivity contribution in [1.29, 1.82) is 0 Å². The van der Waals surface area contributed by atoms with Crippen LogP contribution in [-0.4, -0.2) is 41.1 Å². The topological polar surface area (TPSA) is 99.6 Å². The second kappa shape index (κ2) is 6.77. The van der Waals surface area contributed by atoms with E-state index >= 15 is 0 Å². The van der Waals surface area contributed by atoms with E-state index in [0.717, 1.165) is 0 Å². The van der Waals surface area contributed by atoms with Crippen molar-refractivity contribution in [2.75, 3.05) is 12.9 Å². The smallest absolute Gasteiger partial charge is 0.248 e. The number of nitrogens with two attached hydrogens (primary N) is 1. The number of β-lactam (4-membered cyclic amide) rings is 1. The first-order valence-electron chi connectivity index (χ1n) is 6.69. The number of halogens is 1. The molecule has 2 N–H and O–H groups in total. The molecule has 9 heteroatoms. The largest absolute Gasteiger partial charge is 0.543 e. The Morgan fingerprint density at radius 3 is 2.74 bits per heavy atom. The lowest BCUT2D eigenvalue weighted by atomic mass is 10.0. The van der Waals surface area contributed by atoms with E-state index in [2.05, 4.69) is 0 Å². The van der Waals surface area contributed by atoms with Gasteiger partial charge in [0.2, 0.25) is 5.91 Å². The van der Waals surface area contributed by atoms with Crippen molar-refractivity contribution >= 4 is 36.0 Å². The molecule has 1 aromatic rings. The van der Waals surface area contributed by atoms with Crippen LogP contribution in [0, 0.1) is 0 Å². The minimum absolute atomic E-state index is 0. The van der Waals surface area contributed by atoms with Crippen LogP contribution in [0.3, 0.4) is 0 Å². The van der Waals surface area contributed by atoms with Crippen molar-refractivity contribution in [3.8, 4) is 5.75 Å². The summed E-state index contributed by atoms with van der Waals surface area (Å²) in [5, 5.41) is 11.2. The third-order valence-electron chi connectivity index (χ3n) is 3.75. The predicted octanol–water partition coefficient (Wildman–Crippen LogP) is -1.35. The van der Waals surface area contributed by atoms with Crippen LogP contribution in [0.1, 0.15) is 0 Å². The van der Waals surface area contributed by atoms with E-state index in [1.807, 2.05) is 4.57 Å². The Hall–Kier alpha value is -1.77. The SMILES string of the molecule is COc1cc[n+](CC2=C(C(=O)[O-])N3C(=O)C(N)[C@H]3SC2)cc1.Cl. The van der Waals surface area contributed by atoms with Gasteiger partial charge in [-0.3, -0.25) is 9.69 Å². The average Bonchev–Trinajstić information content (AvgIpc) is 2.54. The molecule has 2 atom stereocenters. The normalized spacial score (nSPS) is 22.9. The molecule has 23 heavy (non-hydrogen) atoms. The maximum Gasteiger partial charge on any atom is 0.248 e. The lowest BCUT2D eigenvalue weighted by Crippen LogP contribution is -2.69. The standard InChI is InChI=1S/C14H15N3O4S.ClH/c1-21-9-2-4-16(5-3-9)6-8-7-22-13-10(15)12(18)17(13)11(8)14(19)20;/h2-5,10,13H,6-7,15H2,1H3;1H/t10?,13-;/m1./s1. The molecular formula is C14H16ClN3O4S. The molecule has 1 saturated heterocycles. The summed E-state index contributed by atoms with van der Waals surface area (Å²) in [6.45, 7) is 0.367. The summed E-state index contributed by atoms with van der Waals surface area (Å²) < 4.78 is 6.91. The van der Waals surface area contributed by atoms with Crippen LogP contribution < -0.4 is 20.1 Å². The summed E-state index contributed by atoms with van der Waals surface area (Å²) in [5.74, 6) is -0.486. The van der Waals surface area contributed by atoms with Crippen LogP contribution in [0.15, 0.2) is 35.8 Å². The number of ether oxygens (including phenoxy) is 1. The van der Waals surface area contributed by atoms with Gasteiger partial charge in [0.05, 0.1) is 18.8 Å². The number of hydrogen-bond acceptors (Lipinski definition) is 6. The quantitative estimate of drug-likeness (QED) is 0.528. The number of rotatable bonds is 4. The van der Waals surface area contributed by atoms with Gasteiger partial charge in [-0.2, -0.15) is 0 Å². The molecular weight excluding hydrogens is 342 g/mol. The van der Waals surface area contributed by atoms with Crippen molar-refractivity contribution in [3.05, 3.63) is 35.8 Å². The Labute approximate surface area is 143 Å². The van der Waals surface area contributed by atoms with Gasteiger partial charge in [0.1, 0.15) is 17.2 Å². The summed E-state index contributed by atoms with van der Waals surface area (Å²) in [7, 11) is 1.58. The number of nitrogens with zero attached hydrogens (tertiary/aromatic N) is 2. The predicted molar refractivity (Wildman–Crippen MR) is 83.5 cm³/mol. The number of aromatic nitrogens is 1. The highest BCUT2D eigenvalue weighted by molar-refractivity contribution is 8.00. The number of carbonyl (C=O) groups excluding carboxylic acids is 2. The van der Waals surface area contributed by atoms with Gasteiger partial charge >= 0.3 is 0 Å². The van der Waals surface area contributed by atoms with Crippen LogP contribution in [-0.2, 0) is 16.1 Å². The Kier molecular flexibility index (Phi) is 5.18. The molecule has 0 bridgehead atoms. The van der Waals surface area contributed by atoms with Crippen LogP contribution in [0.2, 0.25) is 0 Å². The van der Waals surface area contributed by atoms with Gasteiger partial charge in [0.25, 0.3) is 0 Å². The third kappa shape index (κ3) is 3.01. The first-order valence-corrected chi connectivity index (χ1v) is 7.74. The summed E-state index contributed by atoms with van der Waals surface area (Å²) in [6.07, 6.45) is 3.58. The highest BCUT2D eigenvalue weighted by atomic mass is 35.5. The second-order valence-corrected chi connectivity index (χ2v) is 6.19. The van der Waals surface area contributed by atoms with Gasteiger partial charge in [-0.05, 0) is 0 Å². The van der Waals surface area contributed by atoms with Crippen molar-refractivity contribution in [3.63, 3.8) is 0 Å². The molecule has 1 fully saturated rings. The highest BCUT2D eigenvalue weighted by Crippen LogP contribution is 2.39. The lowest BCUT2D eigenvalue weighted by molar-refractivity contribution is -0.689. The van der Waals surface area contributed by atoms with Crippen molar-refractivity contribution in [2.45, 2.75) is 18.0 Å². The summed E-state index contributed by atoms with van der Waals surface area (Å²) in [6, 6.07) is 2.93. The van der Waals surface area contributed by atoms with E-state index in [0.29, 0.717) is 23.6 Å². The van der Waals surface area contributed by atoms with Crippen LogP contribution in [0.5, 0.6) is 5.75 Å². The van der Waals surface area contributed by atoms with Crippen LogP contribution >= 0.6 is 24.2 Å². The number of carboxylic acids is 1. The Morgan fingerprint density at radius 2 is 2.17 bits per heavy atom. The second-order valence-electron chi connectivity index (χ2n) is 5.09. The van der Waals surface area contributed by atoms with Gasteiger partial charge < -0.3 is 20.4 Å². The Balaban J connectivity index is 0.00000192. The van der Waals surface area contributed by atoms with Gasteiger partial charge in [0.15, 0.2) is 18.9 Å². The zero-order chi connectivity index (χ0) is 15.9. The van der Waals surface area contributed by atoms with Crippen molar-refractivity contribution in [1.82, 2.24) is 4.90 Å². The number of hydrogen-bond donors (Lipinski definition) is 1. The molecule has 0 aromatic carbocycles. The van der Waals surface area contributed by atoms with E-state index in [4.69, 9.17) is 10.5 Å².